The molecule has 0 heterocycles. The van der Waals surface area contributed by atoms with Crippen LogP contribution in [0.4, 0.5) is 0 Å². The molecule has 2 aromatic carbocycles. The first kappa shape index (κ1) is 16.7. The Morgan fingerprint density at radius 2 is 1.62 bits per heavy atom. The highest BCUT2D eigenvalue weighted by molar-refractivity contribution is 6.35. The molecule has 0 bridgehead atoms. The molecule has 2 rings (SSSR count). The second-order valence-electron chi connectivity index (χ2n) is 4.43. The van der Waals surface area contributed by atoms with Crippen LogP contribution in [0.25, 0.3) is 0 Å². The molecule has 21 heavy (non-hydrogen) atoms. The van der Waals surface area contributed by atoms with Crippen molar-refractivity contribution in [1.82, 2.24) is 5.32 Å². The second-order valence-corrected chi connectivity index (χ2v) is 6.12. The van der Waals surface area contributed by atoms with Gasteiger partial charge < -0.3 is 10.1 Å². The van der Waals surface area contributed by atoms with Crippen LogP contribution < -0.4 is 10.1 Å². The molecule has 0 aliphatic carbocycles. The van der Waals surface area contributed by atoms with Crippen molar-refractivity contribution in [2.24, 2.45) is 0 Å². The topological polar surface area (TPSA) is 21.3 Å². The Bertz CT molecular complexity index is 646. The lowest BCUT2D eigenvalue weighted by molar-refractivity contribution is 0.302. The number of ether oxygens (including phenoxy) is 1. The number of hydrogen-bond donors (Lipinski definition) is 1. The van der Waals surface area contributed by atoms with E-state index in [0.29, 0.717) is 32.4 Å². The number of nitrogens with one attached hydrogen (secondary N) is 1. The van der Waals surface area contributed by atoms with Crippen LogP contribution in [0.2, 0.25) is 20.1 Å². The van der Waals surface area contributed by atoms with Gasteiger partial charge in [-0.2, -0.15) is 0 Å². The van der Waals surface area contributed by atoms with Crippen LogP contribution in [0, 0.1) is 0 Å². The molecule has 0 aromatic heterocycles. The van der Waals surface area contributed by atoms with Crippen LogP contribution in [0.1, 0.15) is 11.1 Å². The molecule has 2 nitrogen and oxygen atoms in total. The molecule has 0 spiro atoms. The van der Waals surface area contributed by atoms with Gasteiger partial charge in [0.05, 0.1) is 5.02 Å². The van der Waals surface area contributed by atoms with Gasteiger partial charge in [0.2, 0.25) is 0 Å². The van der Waals surface area contributed by atoms with E-state index in [0.717, 1.165) is 11.1 Å². The maximum absolute atomic E-state index is 6.21. The fourth-order valence-corrected chi connectivity index (χ4v) is 2.86. The lowest BCUT2D eigenvalue weighted by Gasteiger charge is -2.14. The Morgan fingerprint density at radius 1 is 0.905 bits per heavy atom. The van der Waals surface area contributed by atoms with E-state index in [-0.39, 0.29) is 6.61 Å². The number of hydrogen-bond acceptors (Lipinski definition) is 2. The maximum Gasteiger partial charge on any atom is 0.142 e. The molecule has 0 fully saturated rings. The average molecular weight is 365 g/mol. The summed E-state index contributed by atoms with van der Waals surface area (Å²) in [5.41, 5.74) is 1.68. The van der Waals surface area contributed by atoms with Gasteiger partial charge in [0, 0.05) is 32.7 Å². The van der Waals surface area contributed by atoms with Crippen molar-refractivity contribution in [3.8, 4) is 5.75 Å². The summed E-state index contributed by atoms with van der Waals surface area (Å²) in [5.74, 6) is 0.589. The lowest BCUT2D eigenvalue weighted by atomic mass is 10.2. The summed E-state index contributed by atoms with van der Waals surface area (Å²) >= 11 is 24.3. The first-order chi connectivity index (χ1) is 10.0. The monoisotopic (exact) mass is 363 g/mol. The van der Waals surface area contributed by atoms with Gasteiger partial charge in [0.15, 0.2) is 0 Å². The van der Waals surface area contributed by atoms with Gasteiger partial charge in [0.1, 0.15) is 12.4 Å². The molecule has 6 heteroatoms. The van der Waals surface area contributed by atoms with E-state index in [4.69, 9.17) is 51.1 Å². The molecular formula is C15H13Cl4NO. The van der Waals surface area contributed by atoms with Gasteiger partial charge >= 0.3 is 0 Å². The molecule has 0 saturated carbocycles. The van der Waals surface area contributed by atoms with Crippen LogP contribution in [0.15, 0.2) is 30.3 Å². The minimum atomic E-state index is 0.275. The van der Waals surface area contributed by atoms with Crippen LogP contribution in [-0.4, -0.2) is 7.05 Å². The zero-order chi connectivity index (χ0) is 15.4. The molecule has 112 valence electrons. The van der Waals surface area contributed by atoms with Crippen molar-refractivity contribution in [3.63, 3.8) is 0 Å². The second kappa shape index (κ2) is 7.57. The van der Waals surface area contributed by atoms with Crippen molar-refractivity contribution >= 4 is 46.4 Å². The van der Waals surface area contributed by atoms with Crippen LogP contribution in [0.5, 0.6) is 5.75 Å². The summed E-state index contributed by atoms with van der Waals surface area (Å²) < 4.78 is 5.82. The van der Waals surface area contributed by atoms with Crippen molar-refractivity contribution in [2.45, 2.75) is 13.2 Å². The van der Waals surface area contributed by atoms with Crippen molar-refractivity contribution in [3.05, 3.63) is 61.5 Å². The fourth-order valence-electron chi connectivity index (χ4n) is 1.90. The van der Waals surface area contributed by atoms with Gasteiger partial charge in [-0.3, -0.25) is 0 Å². The maximum atomic E-state index is 6.21. The number of rotatable bonds is 5. The Kier molecular flexibility index (Phi) is 6.03. The van der Waals surface area contributed by atoms with E-state index in [2.05, 4.69) is 5.32 Å². The van der Waals surface area contributed by atoms with E-state index in [1.54, 1.807) is 24.3 Å². The molecular weight excluding hydrogens is 352 g/mol. The highest BCUT2D eigenvalue weighted by Gasteiger charge is 2.12. The third-order valence-corrected chi connectivity index (χ3v) is 3.94. The Labute approximate surface area is 143 Å². The highest BCUT2D eigenvalue weighted by Crippen LogP contribution is 2.33. The average Bonchev–Trinajstić information content (AvgIpc) is 2.41. The normalized spacial score (nSPS) is 10.7. The SMILES string of the molecule is CNCc1cc(Cl)cc(Cl)c1OCc1cc(Cl)ccc1Cl. The van der Waals surface area contributed by atoms with Crippen molar-refractivity contribution < 1.29 is 4.74 Å². The Morgan fingerprint density at radius 3 is 2.33 bits per heavy atom. The number of halogens is 4. The molecule has 0 radical (unpaired) electrons. The van der Waals surface area contributed by atoms with Crippen LogP contribution in [-0.2, 0) is 13.2 Å². The summed E-state index contributed by atoms with van der Waals surface area (Å²) in [7, 11) is 1.84. The standard InChI is InChI=1S/C15H13Cl4NO/c1-20-7-9-4-12(17)6-14(19)15(9)21-8-10-5-11(16)2-3-13(10)18/h2-6,20H,7-8H2,1H3. The first-order valence-electron chi connectivity index (χ1n) is 6.20. The summed E-state index contributed by atoms with van der Waals surface area (Å²) in [6, 6.07) is 8.71. The molecule has 0 aliphatic rings. The predicted octanol–water partition coefficient (Wildman–Crippen LogP) is 5.60. The first-order valence-corrected chi connectivity index (χ1v) is 7.71. The molecule has 0 amide bonds. The lowest BCUT2D eigenvalue weighted by Crippen LogP contribution is -2.08. The summed E-state index contributed by atoms with van der Waals surface area (Å²) in [6.45, 7) is 0.871. The van der Waals surface area contributed by atoms with E-state index in [1.807, 2.05) is 13.1 Å². The molecule has 0 saturated heterocycles. The van der Waals surface area contributed by atoms with Gasteiger partial charge in [-0.05, 0) is 37.4 Å². The smallest absolute Gasteiger partial charge is 0.142 e. The van der Waals surface area contributed by atoms with Gasteiger partial charge in [-0.15, -0.1) is 0 Å². The van der Waals surface area contributed by atoms with E-state index >= 15 is 0 Å². The predicted molar refractivity (Wildman–Crippen MR) is 90.0 cm³/mol. The van der Waals surface area contributed by atoms with Crippen molar-refractivity contribution in [2.75, 3.05) is 7.05 Å². The van der Waals surface area contributed by atoms with Crippen LogP contribution >= 0.6 is 46.4 Å². The third kappa shape index (κ3) is 4.41. The highest BCUT2D eigenvalue weighted by atomic mass is 35.5. The van der Waals surface area contributed by atoms with Crippen molar-refractivity contribution in [1.29, 1.82) is 0 Å². The Balaban J connectivity index is 2.25. The van der Waals surface area contributed by atoms with E-state index in [9.17, 15) is 0 Å². The largest absolute Gasteiger partial charge is 0.487 e. The molecule has 0 aliphatic heterocycles. The van der Waals surface area contributed by atoms with Gasteiger partial charge in [-0.1, -0.05) is 46.4 Å². The zero-order valence-corrected chi connectivity index (χ0v) is 14.2. The fraction of sp³-hybridized carbons (Fsp3) is 0.200. The molecule has 2 aromatic rings. The summed E-state index contributed by atoms with van der Waals surface area (Å²) in [5, 5.41) is 5.29. The van der Waals surface area contributed by atoms with Gasteiger partial charge in [0.25, 0.3) is 0 Å². The molecule has 0 unspecified atom stereocenters. The number of benzene rings is 2. The summed E-state index contributed by atoms with van der Waals surface area (Å²) in [6.07, 6.45) is 0. The van der Waals surface area contributed by atoms with E-state index in [1.165, 1.54) is 0 Å². The van der Waals surface area contributed by atoms with Crippen LogP contribution in [0.3, 0.4) is 0 Å². The molecule has 0 atom stereocenters. The minimum Gasteiger partial charge on any atom is -0.487 e. The third-order valence-electron chi connectivity index (χ3n) is 2.83. The van der Waals surface area contributed by atoms with Gasteiger partial charge in [-0.25, -0.2) is 0 Å². The van der Waals surface area contributed by atoms with E-state index < -0.39 is 0 Å². The zero-order valence-electron chi connectivity index (χ0n) is 11.2. The minimum absolute atomic E-state index is 0.275. The molecule has 1 N–H and O–H groups in total. The quantitative estimate of drug-likeness (QED) is 0.745. The Hall–Kier alpha value is -0.640. The summed E-state index contributed by atoms with van der Waals surface area (Å²) in [4.78, 5) is 0.